The minimum absolute atomic E-state index is 0.584. The van der Waals surface area contributed by atoms with Gasteiger partial charge in [0, 0.05) is 30.7 Å². The Balaban J connectivity index is 1.86. The van der Waals surface area contributed by atoms with Crippen molar-refractivity contribution >= 4 is 0 Å². The zero-order chi connectivity index (χ0) is 14.8. The van der Waals surface area contributed by atoms with Gasteiger partial charge in [-0.3, -0.25) is 4.98 Å². The molecule has 0 fully saturated rings. The first-order valence-electron chi connectivity index (χ1n) is 6.68. The zero-order valence-corrected chi connectivity index (χ0v) is 11.6. The largest absolute Gasteiger partial charge is 0.373 e. The van der Waals surface area contributed by atoms with Crippen LogP contribution in [-0.4, -0.2) is 16.6 Å². The number of halogens is 2. The van der Waals surface area contributed by atoms with Crippen molar-refractivity contribution in [1.82, 2.24) is 15.2 Å². The van der Waals surface area contributed by atoms with Crippen LogP contribution in [0.3, 0.4) is 0 Å². The van der Waals surface area contributed by atoms with E-state index in [0.717, 1.165) is 30.4 Å². The SMILES string of the molecule is Cc1cc(CN2C=CNC2)cnc1-c1ccc(F)c(F)c1. The summed E-state index contributed by atoms with van der Waals surface area (Å²) in [5.41, 5.74) is 3.27. The van der Waals surface area contributed by atoms with Crippen LogP contribution in [0.1, 0.15) is 11.1 Å². The van der Waals surface area contributed by atoms with Crippen molar-refractivity contribution in [1.29, 1.82) is 0 Å². The number of hydrogen-bond acceptors (Lipinski definition) is 3. The summed E-state index contributed by atoms with van der Waals surface area (Å²) in [5.74, 6) is -1.70. The fourth-order valence-electron chi connectivity index (χ4n) is 2.39. The molecule has 0 aliphatic carbocycles. The van der Waals surface area contributed by atoms with E-state index in [1.165, 1.54) is 6.07 Å². The molecule has 3 nitrogen and oxygen atoms in total. The maximum Gasteiger partial charge on any atom is 0.159 e. The minimum atomic E-state index is -0.856. The highest BCUT2D eigenvalue weighted by atomic mass is 19.2. The van der Waals surface area contributed by atoms with Crippen LogP contribution < -0.4 is 5.32 Å². The normalized spacial score (nSPS) is 13.6. The fourth-order valence-corrected chi connectivity index (χ4v) is 2.39. The van der Waals surface area contributed by atoms with Gasteiger partial charge in [-0.15, -0.1) is 0 Å². The second-order valence-corrected chi connectivity index (χ2v) is 5.06. The lowest BCUT2D eigenvalue weighted by Gasteiger charge is -2.15. The van der Waals surface area contributed by atoms with Gasteiger partial charge < -0.3 is 10.2 Å². The lowest BCUT2D eigenvalue weighted by molar-refractivity contribution is 0.384. The maximum absolute atomic E-state index is 13.3. The molecule has 5 heteroatoms. The van der Waals surface area contributed by atoms with Gasteiger partial charge in [-0.1, -0.05) is 6.07 Å². The average molecular weight is 287 g/mol. The van der Waals surface area contributed by atoms with E-state index in [9.17, 15) is 8.78 Å². The third-order valence-corrected chi connectivity index (χ3v) is 3.41. The zero-order valence-electron chi connectivity index (χ0n) is 11.6. The second kappa shape index (κ2) is 5.52. The van der Waals surface area contributed by atoms with Gasteiger partial charge in [0.15, 0.2) is 11.6 Å². The molecule has 0 amide bonds. The molecule has 1 N–H and O–H groups in total. The first kappa shape index (κ1) is 13.5. The predicted molar refractivity (Wildman–Crippen MR) is 77.0 cm³/mol. The highest BCUT2D eigenvalue weighted by Gasteiger charge is 2.10. The fraction of sp³-hybridized carbons (Fsp3) is 0.188. The van der Waals surface area contributed by atoms with Gasteiger partial charge in [-0.2, -0.15) is 0 Å². The molecule has 0 unspecified atom stereocenters. The molecule has 1 aliphatic heterocycles. The number of hydrogen-bond donors (Lipinski definition) is 1. The van der Waals surface area contributed by atoms with Crippen molar-refractivity contribution in [2.24, 2.45) is 0 Å². The van der Waals surface area contributed by atoms with Gasteiger partial charge in [0.1, 0.15) is 0 Å². The van der Waals surface area contributed by atoms with Gasteiger partial charge in [-0.05, 0) is 36.2 Å². The molecule has 21 heavy (non-hydrogen) atoms. The van der Waals surface area contributed by atoms with Gasteiger partial charge >= 0.3 is 0 Å². The van der Waals surface area contributed by atoms with Crippen molar-refractivity contribution in [3.63, 3.8) is 0 Å². The standard InChI is InChI=1S/C16H15F2N3/c1-11-6-12(9-21-5-4-19-10-21)8-20-16(11)13-2-3-14(17)15(18)7-13/h2-8,19H,9-10H2,1H3. The Morgan fingerprint density at radius 1 is 1.24 bits per heavy atom. The smallest absolute Gasteiger partial charge is 0.159 e. The van der Waals surface area contributed by atoms with E-state index < -0.39 is 11.6 Å². The first-order chi connectivity index (χ1) is 10.1. The molecule has 0 spiro atoms. The van der Waals surface area contributed by atoms with Gasteiger partial charge in [-0.25, -0.2) is 8.78 Å². The number of aryl methyl sites for hydroxylation is 1. The maximum atomic E-state index is 13.3. The Morgan fingerprint density at radius 2 is 2.10 bits per heavy atom. The van der Waals surface area contributed by atoms with E-state index >= 15 is 0 Å². The Labute approximate surface area is 121 Å². The summed E-state index contributed by atoms with van der Waals surface area (Å²) in [6, 6.07) is 5.87. The van der Waals surface area contributed by atoms with Crippen LogP contribution in [-0.2, 0) is 6.54 Å². The van der Waals surface area contributed by atoms with Crippen LogP contribution >= 0.6 is 0 Å². The second-order valence-electron chi connectivity index (χ2n) is 5.06. The van der Waals surface area contributed by atoms with Crippen LogP contribution in [0.5, 0.6) is 0 Å². The predicted octanol–water partition coefficient (Wildman–Crippen LogP) is 3.17. The molecular weight excluding hydrogens is 272 g/mol. The van der Waals surface area contributed by atoms with Crippen molar-refractivity contribution in [3.05, 3.63) is 65.6 Å². The molecule has 2 heterocycles. The van der Waals surface area contributed by atoms with Gasteiger partial charge in [0.05, 0.1) is 12.4 Å². The number of pyridine rings is 1. The van der Waals surface area contributed by atoms with E-state index in [4.69, 9.17) is 0 Å². The van der Waals surface area contributed by atoms with Gasteiger partial charge in [0.2, 0.25) is 0 Å². The molecular formula is C16H15F2N3. The number of nitrogens with zero attached hydrogens (tertiary/aromatic N) is 2. The summed E-state index contributed by atoms with van der Waals surface area (Å²) in [6.07, 6.45) is 5.66. The van der Waals surface area contributed by atoms with Gasteiger partial charge in [0.25, 0.3) is 0 Å². The summed E-state index contributed by atoms with van der Waals surface area (Å²) in [6.45, 7) is 3.46. The lowest BCUT2D eigenvalue weighted by Crippen LogP contribution is -2.20. The Morgan fingerprint density at radius 3 is 2.76 bits per heavy atom. The Kier molecular flexibility index (Phi) is 3.56. The van der Waals surface area contributed by atoms with Crippen molar-refractivity contribution < 1.29 is 8.78 Å². The molecule has 2 aromatic rings. The molecule has 1 aromatic carbocycles. The van der Waals surface area contributed by atoms with Crippen LogP contribution in [0.4, 0.5) is 8.78 Å². The van der Waals surface area contributed by atoms with Crippen LogP contribution in [0.15, 0.2) is 42.9 Å². The Bertz CT molecular complexity index is 698. The summed E-state index contributed by atoms with van der Waals surface area (Å²) in [4.78, 5) is 6.52. The average Bonchev–Trinajstić information content (AvgIpc) is 2.95. The van der Waals surface area contributed by atoms with E-state index in [-0.39, 0.29) is 0 Å². The third kappa shape index (κ3) is 2.86. The van der Waals surface area contributed by atoms with Crippen molar-refractivity contribution in [2.75, 3.05) is 6.67 Å². The highest BCUT2D eigenvalue weighted by molar-refractivity contribution is 5.63. The van der Waals surface area contributed by atoms with E-state index in [2.05, 4.69) is 15.2 Å². The topological polar surface area (TPSA) is 28.2 Å². The monoisotopic (exact) mass is 287 g/mol. The van der Waals surface area contributed by atoms with E-state index in [1.54, 1.807) is 12.3 Å². The summed E-state index contributed by atoms with van der Waals surface area (Å²) in [5, 5.41) is 3.10. The molecule has 3 rings (SSSR count). The van der Waals surface area contributed by atoms with E-state index in [1.807, 2.05) is 25.4 Å². The summed E-state index contributed by atoms with van der Waals surface area (Å²) in [7, 11) is 0. The van der Waals surface area contributed by atoms with Crippen molar-refractivity contribution in [2.45, 2.75) is 13.5 Å². The molecule has 0 saturated heterocycles. The first-order valence-corrected chi connectivity index (χ1v) is 6.68. The lowest BCUT2D eigenvalue weighted by atomic mass is 10.0. The number of nitrogens with one attached hydrogen (secondary N) is 1. The number of aromatic nitrogens is 1. The molecule has 1 aliphatic rings. The van der Waals surface area contributed by atoms with Crippen LogP contribution in [0.2, 0.25) is 0 Å². The summed E-state index contributed by atoms with van der Waals surface area (Å²) >= 11 is 0. The van der Waals surface area contributed by atoms with Crippen LogP contribution in [0.25, 0.3) is 11.3 Å². The quantitative estimate of drug-likeness (QED) is 0.940. The molecule has 1 aromatic heterocycles. The Hall–Kier alpha value is -2.43. The number of benzene rings is 1. The molecule has 0 atom stereocenters. The third-order valence-electron chi connectivity index (χ3n) is 3.41. The molecule has 0 saturated carbocycles. The molecule has 0 bridgehead atoms. The van der Waals surface area contributed by atoms with Crippen molar-refractivity contribution in [3.8, 4) is 11.3 Å². The number of rotatable bonds is 3. The molecule has 0 radical (unpaired) electrons. The minimum Gasteiger partial charge on any atom is -0.373 e. The summed E-state index contributed by atoms with van der Waals surface area (Å²) < 4.78 is 26.3. The highest BCUT2D eigenvalue weighted by Crippen LogP contribution is 2.24. The van der Waals surface area contributed by atoms with E-state index in [0.29, 0.717) is 11.3 Å². The van der Waals surface area contributed by atoms with Crippen LogP contribution in [0, 0.1) is 18.6 Å². The molecule has 108 valence electrons.